The molecule has 0 unspecified atom stereocenters. The van der Waals surface area contributed by atoms with Crippen LogP contribution >= 0.6 is 22.6 Å². The van der Waals surface area contributed by atoms with Crippen molar-refractivity contribution in [2.24, 2.45) is 0 Å². The maximum Gasteiger partial charge on any atom is 0.255 e. The van der Waals surface area contributed by atoms with Gasteiger partial charge in [0, 0.05) is 20.9 Å². The second kappa shape index (κ2) is 7.27. The third kappa shape index (κ3) is 3.60. The zero-order valence-electron chi connectivity index (χ0n) is 15.3. The van der Waals surface area contributed by atoms with Crippen LogP contribution in [-0.2, 0) is 0 Å². The normalized spacial score (nSPS) is 11.0. The van der Waals surface area contributed by atoms with Crippen LogP contribution in [0, 0.1) is 17.4 Å². The van der Waals surface area contributed by atoms with Crippen molar-refractivity contribution in [3.05, 3.63) is 74.9 Å². The highest BCUT2D eigenvalue weighted by Gasteiger charge is 2.15. The van der Waals surface area contributed by atoms with Crippen LogP contribution in [0.25, 0.3) is 22.6 Å². The number of fused-ring (bicyclic) bond motifs is 1. The minimum Gasteiger partial charge on any atom is -0.507 e. The van der Waals surface area contributed by atoms with Crippen molar-refractivity contribution in [2.45, 2.75) is 13.8 Å². The van der Waals surface area contributed by atoms with E-state index >= 15 is 0 Å². The molecule has 0 atom stereocenters. The number of nitrogens with one attached hydrogen (secondary N) is 1. The van der Waals surface area contributed by atoms with Gasteiger partial charge < -0.3 is 14.8 Å². The van der Waals surface area contributed by atoms with E-state index in [1.54, 1.807) is 24.3 Å². The van der Waals surface area contributed by atoms with E-state index < -0.39 is 0 Å². The van der Waals surface area contributed by atoms with Crippen molar-refractivity contribution in [1.82, 2.24) is 4.98 Å². The van der Waals surface area contributed by atoms with E-state index in [9.17, 15) is 9.90 Å². The number of carbonyl (C=O) groups is 1. The van der Waals surface area contributed by atoms with E-state index in [2.05, 4.69) is 32.9 Å². The number of phenolic OH excluding ortho intramolecular Hbond substituents is 1. The van der Waals surface area contributed by atoms with Crippen LogP contribution < -0.4 is 5.32 Å². The number of halogens is 1. The molecule has 4 aromatic rings. The van der Waals surface area contributed by atoms with Gasteiger partial charge in [0.25, 0.3) is 5.91 Å². The quantitative estimate of drug-likeness (QED) is 0.368. The number of amides is 1. The van der Waals surface area contributed by atoms with Crippen LogP contribution in [0.3, 0.4) is 0 Å². The van der Waals surface area contributed by atoms with Gasteiger partial charge in [0.2, 0.25) is 5.89 Å². The standard InChI is InChI=1S/C22H17IN2O3/c1-12-9-18-20(10-13(12)2)28-22(25-18)17-8-7-16(11-19(17)26)24-21(27)14-3-5-15(23)6-4-14/h3-11,26H,1-2H3,(H,24,27). The number of benzene rings is 3. The van der Waals surface area contributed by atoms with Gasteiger partial charge in [-0.25, -0.2) is 4.98 Å². The van der Waals surface area contributed by atoms with E-state index in [4.69, 9.17) is 4.42 Å². The van der Waals surface area contributed by atoms with Gasteiger partial charge >= 0.3 is 0 Å². The van der Waals surface area contributed by atoms with Crippen LogP contribution in [0.1, 0.15) is 21.5 Å². The molecule has 1 amide bonds. The first-order chi connectivity index (χ1) is 13.4. The minimum absolute atomic E-state index is 0.0135. The van der Waals surface area contributed by atoms with Gasteiger partial charge in [-0.1, -0.05) is 0 Å². The maximum absolute atomic E-state index is 12.3. The molecule has 0 saturated heterocycles. The molecule has 0 saturated carbocycles. The molecule has 6 heteroatoms. The number of nitrogens with zero attached hydrogens (tertiary/aromatic N) is 1. The first-order valence-corrected chi connectivity index (χ1v) is 9.77. The van der Waals surface area contributed by atoms with Gasteiger partial charge in [-0.05, 0) is 96.1 Å². The van der Waals surface area contributed by atoms with E-state index in [-0.39, 0.29) is 11.7 Å². The van der Waals surface area contributed by atoms with Crippen molar-refractivity contribution in [2.75, 3.05) is 5.32 Å². The van der Waals surface area contributed by atoms with Gasteiger partial charge in [0.1, 0.15) is 11.3 Å². The number of carbonyl (C=O) groups excluding carboxylic acids is 1. The zero-order valence-corrected chi connectivity index (χ0v) is 17.4. The summed E-state index contributed by atoms with van der Waals surface area (Å²) in [5.74, 6) is 0.0878. The summed E-state index contributed by atoms with van der Waals surface area (Å²) in [5.41, 5.74) is 5.18. The molecule has 0 aliphatic carbocycles. The Balaban J connectivity index is 1.61. The molecule has 140 valence electrons. The van der Waals surface area contributed by atoms with Crippen LogP contribution in [-0.4, -0.2) is 16.0 Å². The molecule has 4 rings (SSSR count). The molecular formula is C22H17IN2O3. The molecule has 0 spiro atoms. The zero-order chi connectivity index (χ0) is 19.8. The lowest BCUT2D eigenvalue weighted by atomic mass is 10.1. The number of aromatic hydroxyl groups is 1. The molecule has 3 aromatic carbocycles. The Bertz CT molecular complexity index is 1160. The molecule has 1 aromatic heterocycles. The second-order valence-corrected chi connectivity index (χ2v) is 7.86. The molecular weight excluding hydrogens is 467 g/mol. The number of oxazole rings is 1. The molecule has 2 N–H and O–H groups in total. The van der Waals surface area contributed by atoms with Crippen molar-refractivity contribution < 1.29 is 14.3 Å². The van der Waals surface area contributed by atoms with Gasteiger partial charge in [-0.2, -0.15) is 0 Å². The third-order valence-electron chi connectivity index (χ3n) is 4.60. The molecule has 0 radical (unpaired) electrons. The van der Waals surface area contributed by atoms with E-state index in [0.29, 0.717) is 28.3 Å². The summed E-state index contributed by atoms with van der Waals surface area (Å²) >= 11 is 2.19. The summed E-state index contributed by atoms with van der Waals surface area (Å²) < 4.78 is 6.87. The molecule has 28 heavy (non-hydrogen) atoms. The van der Waals surface area contributed by atoms with Crippen LogP contribution in [0.2, 0.25) is 0 Å². The highest BCUT2D eigenvalue weighted by Crippen LogP contribution is 2.33. The number of aryl methyl sites for hydroxylation is 2. The Morgan fingerprint density at radius 3 is 2.46 bits per heavy atom. The van der Waals surface area contributed by atoms with Crippen LogP contribution in [0.5, 0.6) is 5.75 Å². The van der Waals surface area contributed by atoms with Crippen LogP contribution in [0.4, 0.5) is 5.69 Å². The molecule has 1 heterocycles. The van der Waals surface area contributed by atoms with Crippen LogP contribution in [0.15, 0.2) is 59.0 Å². The summed E-state index contributed by atoms with van der Waals surface area (Å²) in [4.78, 5) is 16.8. The highest BCUT2D eigenvalue weighted by atomic mass is 127. The minimum atomic E-state index is -0.239. The van der Waals surface area contributed by atoms with E-state index in [1.165, 1.54) is 6.07 Å². The Morgan fingerprint density at radius 1 is 1.04 bits per heavy atom. The van der Waals surface area contributed by atoms with Gasteiger partial charge in [-0.15, -0.1) is 0 Å². The lowest BCUT2D eigenvalue weighted by Gasteiger charge is -2.07. The fourth-order valence-corrected chi connectivity index (χ4v) is 3.25. The average Bonchev–Trinajstić information content (AvgIpc) is 3.05. The van der Waals surface area contributed by atoms with Gasteiger partial charge in [-0.3, -0.25) is 4.79 Å². The Labute approximate surface area is 175 Å². The predicted octanol–water partition coefficient (Wildman–Crippen LogP) is 5.67. The number of hydrogen-bond donors (Lipinski definition) is 2. The fourth-order valence-electron chi connectivity index (χ4n) is 2.89. The summed E-state index contributed by atoms with van der Waals surface area (Å²) in [5, 5.41) is 13.2. The topological polar surface area (TPSA) is 75.4 Å². The number of rotatable bonds is 3. The fraction of sp³-hybridized carbons (Fsp3) is 0.0909. The highest BCUT2D eigenvalue weighted by molar-refractivity contribution is 14.1. The second-order valence-electron chi connectivity index (χ2n) is 6.62. The summed E-state index contributed by atoms with van der Waals surface area (Å²) in [6.07, 6.45) is 0. The lowest BCUT2D eigenvalue weighted by molar-refractivity contribution is 0.102. The molecule has 0 aliphatic rings. The van der Waals surface area contributed by atoms with E-state index in [0.717, 1.165) is 20.2 Å². The Kier molecular flexibility index (Phi) is 4.80. The molecule has 0 bridgehead atoms. The van der Waals surface area contributed by atoms with Crippen molar-refractivity contribution >= 4 is 45.3 Å². The molecule has 0 aliphatic heterocycles. The molecule has 5 nitrogen and oxygen atoms in total. The Hall–Kier alpha value is -2.87. The largest absolute Gasteiger partial charge is 0.507 e. The van der Waals surface area contributed by atoms with Crippen molar-refractivity contribution in [3.8, 4) is 17.2 Å². The third-order valence-corrected chi connectivity index (χ3v) is 5.32. The number of hydrogen-bond acceptors (Lipinski definition) is 4. The summed E-state index contributed by atoms with van der Waals surface area (Å²) in [6, 6.07) is 16.0. The maximum atomic E-state index is 12.3. The van der Waals surface area contributed by atoms with Gasteiger partial charge in [0.05, 0.1) is 5.56 Å². The summed E-state index contributed by atoms with van der Waals surface area (Å²) in [6.45, 7) is 4.03. The molecule has 0 fully saturated rings. The van der Waals surface area contributed by atoms with Crippen molar-refractivity contribution in [1.29, 1.82) is 0 Å². The predicted molar refractivity (Wildman–Crippen MR) is 118 cm³/mol. The lowest BCUT2D eigenvalue weighted by Crippen LogP contribution is -2.11. The van der Waals surface area contributed by atoms with Gasteiger partial charge in [0.15, 0.2) is 5.58 Å². The Morgan fingerprint density at radius 2 is 1.75 bits per heavy atom. The number of anilines is 1. The average molecular weight is 484 g/mol. The van der Waals surface area contributed by atoms with E-state index in [1.807, 2.05) is 38.1 Å². The SMILES string of the molecule is Cc1cc2nc(-c3ccc(NC(=O)c4ccc(I)cc4)cc3O)oc2cc1C. The first-order valence-electron chi connectivity index (χ1n) is 8.69. The monoisotopic (exact) mass is 484 g/mol. The number of phenols is 1. The first kappa shape index (κ1) is 18.5. The summed E-state index contributed by atoms with van der Waals surface area (Å²) in [7, 11) is 0. The smallest absolute Gasteiger partial charge is 0.255 e. The number of aromatic nitrogens is 1. The van der Waals surface area contributed by atoms with Crippen molar-refractivity contribution in [3.63, 3.8) is 0 Å².